The van der Waals surface area contributed by atoms with Gasteiger partial charge in [0.1, 0.15) is 5.82 Å². The molecule has 100 valence electrons. The van der Waals surface area contributed by atoms with Crippen LogP contribution >= 0.6 is 0 Å². The predicted molar refractivity (Wildman–Crippen MR) is 77.0 cm³/mol. The zero-order valence-corrected chi connectivity index (χ0v) is 11.5. The fraction of sp³-hybridized carbons (Fsp3) is 0.438. The lowest BCUT2D eigenvalue weighted by Gasteiger charge is -2.16. The first kappa shape index (κ1) is 12.4. The van der Waals surface area contributed by atoms with Crippen molar-refractivity contribution < 1.29 is 0 Å². The molecule has 3 nitrogen and oxygen atoms in total. The van der Waals surface area contributed by atoms with E-state index in [-0.39, 0.29) is 0 Å². The van der Waals surface area contributed by atoms with E-state index in [2.05, 4.69) is 35.8 Å². The molecule has 1 aromatic heterocycles. The van der Waals surface area contributed by atoms with E-state index in [1.54, 1.807) is 0 Å². The predicted octanol–water partition coefficient (Wildman–Crippen LogP) is 2.58. The van der Waals surface area contributed by atoms with Gasteiger partial charge < -0.3 is 10.3 Å². The molecule has 2 aromatic rings. The zero-order valence-electron chi connectivity index (χ0n) is 11.5. The lowest BCUT2D eigenvalue weighted by molar-refractivity contribution is 0.623. The Bertz CT molecular complexity index is 584. The average Bonchev–Trinajstić information content (AvgIpc) is 2.76. The maximum atomic E-state index is 5.83. The summed E-state index contributed by atoms with van der Waals surface area (Å²) in [5.41, 5.74) is 11.1. The Morgan fingerprint density at radius 2 is 1.89 bits per heavy atom. The van der Waals surface area contributed by atoms with Crippen molar-refractivity contribution in [3.8, 4) is 0 Å². The van der Waals surface area contributed by atoms with Crippen molar-refractivity contribution in [3.05, 3.63) is 52.6 Å². The molecule has 0 fully saturated rings. The first-order valence-electron chi connectivity index (χ1n) is 7.11. The number of nitrogens with zero attached hydrogens (tertiary/aromatic N) is 2. The summed E-state index contributed by atoms with van der Waals surface area (Å²) < 4.78 is 2.38. The molecule has 0 unspecified atom stereocenters. The SMILES string of the molecule is Cc1nc2c(n1Cc1ccccc1CN)CCCC2. The molecule has 3 heteroatoms. The van der Waals surface area contributed by atoms with E-state index in [0.717, 1.165) is 18.8 Å². The smallest absolute Gasteiger partial charge is 0.106 e. The molecule has 0 atom stereocenters. The van der Waals surface area contributed by atoms with E-state index in [0.29, 0.717) is 6.54 Å². The molecule has 1 aliphatic rings. The van der Waals surface area contributed by atoms with Gasteiger partial charge in [0.05, 0.1) is 5.69 Å². The maximum absolute atomic E-state index is 5.83. The molecule has 1 aromatic carbocycles. The van der Waals surface area contributed by atoms with Crippen molar-refractivity contribution in [2.24, 2.45) is 5.73 Å². The van der Waals surface area contributed by atoms with Crippen LogP contribution < -0.4 is 5.73 Å². The van der Waals surface area contributed by atoms with Gasteiger partial charge in [0.2, 0.25) is 0 Å². The molecule has 0 bridgehead atoms. The Kier molecular flexibility index (Phi) is 3.38. The van der Waals surface area contributed by atoms with E-state index in [1.165, 1.54) is 41.8 Å². The van der Waals surface area contributed by atoms with Crippen molar-refractivity contribution in [1.82, 2.24) is 9.55 Å². The average molecular weight is 255 g/mol. The minimum atomic E-state index is 0.603. The highest BCUT2D eigenvalue weighted by Gasteiger charge is 2.18. The second kappa shape index (κ2) is 5.17. The number of rotatable bonds is 3. The van der Waals surface area contributed by atoms with Gasteiger partial charge in [-0.2, -0.15) is 0 Å². The summed E-state index contributed by atoms with van der Waals surface area (Å²) in [6.07, 6.45) is 4.88. The van der Waals surface area contributed by atoms with Crippen LogP contribution in [0.5, 0.6) is 0 Å². The second-order valence-corrected chi connectivity index (χ2v) is 5.32. The lowest BCUT2D eigenvalue weighted by atomic mass is 10.0. The summed E-state index contributed by atoms with van der Waals surface area (Å²) in [5.74, 6) is 1.14. The maximum Gasteiger partial charge on any atom is 0.106 e. The van der Waals surface area contributed by atoms with E-state index >= 15 is 0 Å². The quantitative estimate of drug-likeness (QED) is 0.916. The van der Waals surface area contributed by atoms with Gasteiger partial charge in [-0.3, -0.25) is 0 Å². The summed E-state index contributed by atoms with van der Waals surface area (Å²) >= 11 is 0. The highest BCUT2D eigenvalue weighted by Crippen LogP contribution is 2.23. The van der Waals surface area contributed by atoms with Crippen molar-refractivity contribution >= 4 is 0 Å². The minimum Gasteiger partial charge on any atom is -0.328 e. The Morgan fingerprint density at radius 1 is 1.16 bits per heavy atom. The van der Waals surface area contributed by atoms with Crippen LogP contribution in [0.3, 0.4) is 0 Å². The van der Waals surface area contributed by atoms with E-state index < -0.39 is 0 Å². The molecule has 0 aliphatic heterocycles. The number of hydrogen-bond donors (Lipinski definition) is 1. The molecular formula is C16H21N3. The van der Waals surface area contributed by atoms with Gasteiger partial charge in [0.25, 0.3) is 0 Å². The highest BCUT2D eigenvalue weighted by molar-refractivity contribution is 5.29. The van der Waals surface area contributed by atoms with Gasteiger partial charge in [-0.25, -0.2) is 4.98 Å². The molecule has 3 rings (SSSR count). The normalized spacial score (nSPS) is 14.4. The van der Waals surface area contributed by atoms with Crippen LogP contribution in [0.15, 0.2) is 24.3 Å². The first-order valence-corrected chi connectivity index (χ1v) is 7.11. The topological polar surface area (TPSA) is 43.8 Å². The number of aromatic nitrogens is 2. The molecule has 0 saturated carbocycles. The monoisotopic (exact) mass is 255 g/mol. The van der Waals surface area contributed by atoms with Crippen LogP contribution in [0.25, 0.3) is 0 Å². The molecule has 19 heavy (non-hydrogen) atoms. The van der Waals surface area contributed by atoms with E-state index in [1.807, 2.05) is 0 Å². The third-order valence-corrected chi connectivity index (χ3v) is 4.09. The molecule has 0 amide bonds. The van der Waals surface area contributed by atoms with Crippen molar-refractivity contribution in [2.75, 3.05) is 0 Å². The van der Waals surface area contributed by atoms with E-state index in [9.17, 15) is 0 Å². The molecule has 0 saturated heterocycles. The van der Waals surface area contributed by atoms with Crippen molar-refractivity contribution in [2.45, 2.75) is 45.7 Å². The van der Waals surface area contributed by atoms with E-state index in [4.69, 9.17) is 10.7 Å². The van der Waals surface area contributed by atoms with Crippen LogP contribution in [0.2, 0.25) is 0 Å². The van der Waals surface area contributed by atoms with Gasteiger partial charge in [0.15, 0.2) is 0 Å². The number of fused-ring (bicyclic) bond motifs is 1. The van der Waals surface area contributed by atoms with Gasteiger partial charge in [0, 0.05) is 18.8 Å². The Morgan fingerprint density at radius 3 is 2.68 bits per heavy atom. The molecule has 0 spiro atoms. The summed E-state index contributed by atoms with van der Waals surface area (Å²) in [5, 5.41) is 0. The zero-order chi connectivity index (χ0) is 13.2. The Hall–Kier alpha value is -1.61. The second-order valence-electron chi connectivity index (χ2n) is 5.32. The van der Waals surface area contributed by atoms with Gasteiger partial charge in [-0.05, 0) is 43.7 Å². The summed E-state index contributed by atoms with van der Waals surface area (Å²) in [4.78, 5) is 4.73. The van der Waals surface area contributed by atoms with Gasteiger partial charge in [-0.1, -0.05) is 24.3 Å². The van der Waals surface area contributed by atoms with Crippen molar-refractivity contribution in [3.63, 3.8) is 0 Å². The fourth-order valence-corrected chi connectivity index (χ4v) is 3.03. The standard InChI is InChI=1S/C16H21N3/c1-12-18-15-8-4-5-9-16(15)19(12)11-14-7-3-2-6-13(14)10-17/h2-3,6-7H,4-5,8-11,17H2,1H3. The fourth-order valence-electron chi connectivity index (χ4n) is 3.03. The number of imidazole rings is 1. The van der Waals surface area contributed by atoms with Crippen LogP contribution in [0.4, 0.5) is 0 Å². The van der Waals surface area contributed by atoms with Crippen LogP contribution in [0.1, 0.15) is 41.2 Å². The molecule has 1 heterocycles. The summed E-state index contributed by atoms with van der Waals surface area (Å²) in [6, 6.07) is 8.44. The van der Waals surface area contributed by atoms with Crippen LogP contribution in [-0.4, -0.2) is 9.55 Å². The molecule has 0 radical (unpaired) electrons. The lowest BCUT2D eigenvalue weighted by Crippen LogP contribution is -2.12. The number of hydrogen-bond acceptors (Lipinski definition) is 2. The minimum absolute atomic E-state index is 0.603. The molecule has 1 aliphatic carbocycles. The number of nitrogens with two attached hydrogens (primary N) is 1. The van der Waals surface area contributed by atoms with Gasteiger partial charge >= 0.3 is 0 Å². The first-order chi connectivity index (χ1) is 9.29. The molecular weight excluding hydrogens is 234 g/mol. The molecule has 2 N–H and O–H groups in total. The summed E-state index contributed by atoms with van der Waals surface area (Å²) in [7, 11) is 0. The number of benzene rings is 1. The highest BCUT2D eigenvalue weighted by atomic mass is 15.1. The van der Waals surface area contributed by atoms with Gasteiger partial charge in [-0.15, -0.1) is 0 Å². The number of aryl methyl sites for hydroxylation is 2. The Balaban J connectivity index is 1.97. The van der Waals surface area contributed by atoms with Crippen LogP contribution in [0, 0.1) is 6.92 Å². The van der Waals surface area contributed by atoms with Crippen LogP contribution in [-0.2, 0) is 25.9 Å². The van der Waals surface area contributed by atoms with Crippen molar-refractivity contribution in [1.29, 1.82) is 0 Å². The third kappa shape index (κ3) is 2.30. The summed E-state index contributed by atoms with van der Waals surface area (Å²) in [6.45, 7) is 3.62. The largest absolute Gasteiger partial charge is 0.328 e. The Labute approximate surface area is 114 Å². The third-order valence-electron chi connectivity index (χ3n) is 4.09.